The molecule has 0 unspecified atom stereocenters. The second kappa shape index (κ2) is 8.73. The van der Waals surface area contributed by atoms with E-state index < -0.39 is 11.7 Å². The predicted octanol–water partition coefficient (Wildman–Crippen LogP) is 4.23. The van der Waals surface area contributed by atoms with Crippen molar-refractivity contribution in [2.75, 3.05) is 18.4 Å². The summed E-state index contributed by atoms with van der Waals surface area (Å²) in [5.41, 5.74) is -0.371. The van der Waals surface area contributed by atoms with E-state index in [1.807, 2.05) is 4.90 Å². The molecule has 1 aliphatic heterocycles. The summed E-state index contributed by atoms with van der Waals surface area (Å²) < 4.78 is 37.6. The van der Waals surface area contributed by atoms with Crippen molar-refractivity contribution in [2.45, 2.75) is 44.7 Å². The first-order valence-electron chi connectivity index (χ1n) is 8.49. The summed E-state index contributed by atoms with van der Waals surface area (Å²) in [4.78, 5) is 1.91. The lowest BCUT2D eigenvalue weighted by molar-refractivity contribution is -0.137. The van der Waals surface area contributed by atoms with E-state index in [-0.39, 0.29) is 11.9 Å². The van der Waals surface area contributed by atoms with Crippen molar-refractivity contribution in [3.05, 3.63) is 29.8 Å². The molecule has 5 nitrogen and oxygen atoms in total. The SMILES string of the molecule is N=C(NC(=N)N1CCCCCCCC1)Nc1ccc(C(F)(F)F)cc1. The molecule has 1 aromatic carbocycles. The summed E-state index contributed by atoms with van der Waals surface area (Å²) in [6, 6.07) is 4.46. The molecule has 1 fully saturated rings. The Morgan fingerprint density at radius 1 is 0.880 bits per heavy atom. The molecule has 0 amide bonds. The molecule has 1 aliphatic rings. The highest BCUT2D eigenvalue weighted by Gasteiger charge is 2.29. The van der Waals surface area contributed by atoms with Gasteiger partial charge in [0.15, 0.2) is 11.9 Å². The second-order valence-corrected chi connectivity index (χ2v) is 6.16. The van der Waals surface area contributed by atoms with Crippen LogP contribution in [0.25, 0.3) is 0 Å². The van der Waals surface area contributed by atoms with Gasteiger partial charge in [-0.25, -0.2) is 0 Å². The van der Waals surface area contributed by atoms with Crippen LogP contribution < -0.4 is 10.6 Å². The van der Waals surface area contributed by atoms with Crippen LogP contribution in [0.3, 0.4) is 0 Å². The van der Waals surface area contributed by atoms with Crippen molar-refractivity contribution < 1.29 is 13.2 Å². The molecule has 1 aromatic rings. The van der Waals surface area contributed by atoms with Gasteiger partial charge in [0.2, 0.25) is 0 Å². The van der Waals surface area contributed by atoms with Crippen LogP contribution in [0.5, 0.6) is 0 Å². The lowest BCUT2D eigenvalue weighted by Crippen LogP contribution is -2.46. The maximum Gasteiger partial charge on any atom is 0.416 e. The zero-order valence-electron chi connectivity index (χ0n) is 14.0. The summed E-state index contributed by atoms with van der Waals surface area (Å²) in [5, 5.41) is 21.3. The van der Waals surface area contributed by atoms with E-state index in [2.05, 4.69) is 10.6 Å². The summed E-state index contributed by atoms with van der Waals surface area (Å²) in [6.07, 6.45) is 2.39. The summed E-state index contributed by atoms with van der Waals surface area (Å²) in [7, 11) is 0. The van der Waals surface area contributed by atoms with Crippen LogP contribution in [-0.4, -0.2) is 29.9 Å². The molecular formula is C17H24F3N5. The molecule has 1 saturated heterocycles. The van der Waals surface area contributed by atoms with Crippen LogP contribution in [0, 0.1) is 10.8 Å². The van der Waals surface area contributed by atoms with Crippen LogP contribution in [0.1, 0.15) is 44.1 Å². The van der Waals surface area contributed by atoms with Gasteiger partial charge in [0.05, 0.1) is 5.56 Å². The van der Waals surface area contributed by atoms with Crippen LogP contribution in [0.2, 0.25) is 0 Å². The van der Waals surface area contributed by atoms with Gasteiger partial charge in [-0.05, 0) is 37.1 Å². The van der Waals surface area contributed by atoms with E-state index in [1.54, 1.807) is 0 Å². The molecule has 2 rings (SSSR count). The van der Waals surface area contributed by atoms with Gasteiger partial charge in [-0.2, -0.15) is 13.2 Å². The number of anilines is 1. The number of rotatable bonds is 1. The van der Waals surface area contributed by atoms with Gasteiger partial charge >= 0.3 is 6.18 Å². The molecule has 0 atom stereocenters. The first-order chi connectivity index (χ1) is 11.9. The van der Waals surface area contributed by atoms with Gasteiger partial charge in [-0.3, -0.25) is 16.1 Å². The quantitative estimate of drug-likeness (QED) is 0.450. The number of hydrogen-bond acceptors (Lipinski definition) is 2. The Labute approximate surface area is 145 Å². The number of nitrogens with zero attached hydrogens (tertiary/aromatic N) is 1. The highest BCUT2D eigenvalue weighted by Crippen LogP contribution is 2.29. The molecule has 25 heavy (non-hydrogen) atoms. The molecule has 0 aliphatic carbocycles. The average molecular weight is 355 g/mol. The van der Waals surface area contributed by atoms with Crippen molar-refractivity contribution >= 4 is 17.6 Å². The smallest absolute Gasteiger partial charge is 0.343 e. The Bertz CT molecular complexity index is 573. The summed E-state index contributed by atoms with van der Waals surface area (Å²) in [6.45, 7) is 1.55. The van der Waals surface area contributed by atoms with E-state index in [9.17, 15) is 13.2 Å². The largest absolute Gasteiger partial charge is 0.416 e. The maximum atomic E-state index is 12.5. The Morgan fingerprint density at radius 3 is 1.92 bits per heavy atom. The minimum absolute atomic E-state index is 0.135. The fraction of sp³-hybridized carbons (Fsp3) is 0.529. The molecule has 0 bridgehead atoms. The number of nitrogens with one attached hydrogen (secondary N) is 4. The lowest BCUT2D eigenvalue weighted by atomic mass is 10.1. The van der Waals surface area contributed by atoms with Crippen molar-refractivity contribution in [1.29, 1.82) is 10.8 Å². The zero-order valence-corrected chi connectivity index (χ0v) is 14.0. The number of hydrogen-bond donors (Lipinski definition) is 4. The molecule has 4 N–H and O–H groups in total. The van der Waals surface area contributed by atoms with Crippen molar-refractivity contribution in [3.8, 4) is 0 Å². The van der Waals surface area contributed by atoms with E-state index in [1.165, 1.54) is 25.0 Å². The molecule has 8 heteroatoms. The van der Waals surface area contributed by atoms with Crippen molar-refractivity contribution in [1.82, 2.24) is 10.2 Å². The molecule has 0 aromatic heterocycles. The van der Waals surface area contributed by atoms with Crippen LogP contribution in [0.4, 0.5) is 18.9 Å². The van der Waals surface area contributed by atoms with Gasteiger partial charge < -0.3 is 10.2 Å². The minimum Gasteiger partial charge on any atom is -0.343 e. The van der Waals surface area contributed by atoms with Gasteiger partial charge in [-0.15, -0.1) is 0 Å². The zero-order chi connectivity index (χ0) is 18.3. The Balaban J connectivity index is 1.86. The third-order valence-electron chi connectivity index (χ3n) is 4.15. The Hall–Kier alpha value is -2.25. The van der Waals surface area contributed by atoms with Gasteiger partial charge in [-0.1, -0.05) is 25.7 Å². The maximum absolute atomic E-state index is 12.5. The molecule has 0 spiro atoms. The summed E-state index contributed by atoms with van der Waals surface area (Å²) >= 11 is 0. The third kappa shape index (κ3) is 6.28. The third-order valence-corrected chi connectivity index (χ3v) is 4.15. The first kappa shape index (κ1) is 19.1. The molecule has 0 radical (unpaired) electrons. The van der Waals surface area contributed by atoms with Gasteiger partial charge in [0, 0.05) is 18.8 Å². The lowest BCUT2D eigenvalue weighted by Gasteiger charge is -2.25. The fourth-order valence-electron chi connectivity index (χ4n) is 2.76. The van der Waals surface area contributed by atoms with Gasteiger partial charge in [0.25, 0.3) is 0 Å². The average Bonchev–Trinajstić information content (AvgIpc) is 2.68. The van der Waals surface area contributed by atoms with E-state index >= 15 is 0 Å². The molecule has 0 saturated carbocycles. The van der Waals surface area contributed by atoms with E-state index in [0.717, 1.165) is 50.9 Å². The normalized spacial score (nSPS) is 16.4. The monoisotopic (exact) mass is 355 g/mol. The fourth-order valence-corrected chi connectivity index (χ4v) is 2.76. The number of alkyl halides is 3. The number of guanidine groups is 2. The first-order valence-corrected chi connectivity index (χ1v) is 8.49. The molecule has 138 valence electrons. The standard InChI is InChI=1S/C17H24F3N5/c18-17(19,20)13-7-9-14(10-8-13)23-15(21)24-16(22)25-11-5-3-1-2-4-6-12-25/h7-10H,1-6,11-12H2,(H4,21,22,23,24). The highest BCUT2D eigenvalue weighted by molar-refractivity contribution is 6.02. The van der Waals surface area contributed by atoms with Crippen molar-refractivity contribution in [3.63, 3.8) is 0 Å². The Morgan fingerprint density at radius 2 is 1.40 bits per heavy atom. The molecule has 1 heterocycles. The highest BCUT2D eigenvalue weighted by atomic mass is 19.4. The van der Waals surface area contributed by atoms with Crippen LogP contribution in [-0.2, 0) is 6.18 Å². The van der Waals surface area contributed by atoms with Gasteiger partial charge in [0.1, 0.15) is 0 Å². The predicted molar refractivity (Wildman–Crippen MR) is 92.9 cm³/mol. The van der Waals surface area contributed by atoms with E-state index in [4.69, 9.17) is 10.8 Å². The topological polar surface area (TPSA) is 75.0 Å². The molecular weight excluding hydrogens is 331 g/mol. The number of benzene rings is 1. The van der Waals surface area contributed by atoms with Crippen molar-refractivity contribution in [2.24, 2.45) is 0 Å². The van der Waals surface area contributed by atoms with E-state index in [0.29, 0.717) is 5.69 Å². The van der Waals surface area contributed by atoms with Crippen LogP contribution in [0.15, 0.2) is 24.3 Å². The van der Waals surface area contributed by atoms with Crippen LogP contribution >= 0.6 is 0 Å². The summed E-state index contributed by atoms with van der Waals surface area (Å²) in [5.74, 6) is 0.0101. The minimum atomic E-state index is -4.38. The Kier molecular flexibility index (Phi) is 6.66. The number of halogens is 3. The second-order valence-electron chi connectivity index (χ2n) is 6.16.